The topological polar surface area (TPSA) is 29.9 Å². The lowest BCUT2D eigenvalue weighted by atomic mass is 9.84. The molecule has 20 heavy (non-hydrogen) atoms. The lowest BCUT2D eigenvalue weighted by molar-refractivity contribution is 0.255. The van der Waals surface area contributed by atoms with E-state index in [1.54, 1.807) is 0 Å². The van der Waals surface area contributed by atoms with Crippen molar-refractivity contribution in [1.82, 2.24) is 14.9 Å². The molecule has 1 saturated carbocycles. The average molecular weight is 275 g/mol. The van der Waals surface area contributed by atoms with Crippen LogP contribution in [0.2, 0.25) is 0 Å². The van der Waals surface area contributed by atoms with E-state index in [4.69, 9.17) is 0 Å². The minimum atomic E-state index is 0.519. The number of hydrogen-bond acceptors (Lipinski definition) is 2. The molecule has 1 saturated heterocycles. The third kappa shape index (κ3) is 2.93. The Labute approximate surface area is 123 Å². The van der Waals surface area contributed by atoms with Crippen molar-refractivity contribution < 1.29 is 0 Å². The zero-order valence-electron chi connectivity index (χ0n) is 13.0. The maximum atomic E-state index is 4.46. The molecule has 2 atom stereocenters. The molecule has 3 rings (SSSR count). The molecule has 2 fully saturated rings. The smallest absolute Gasteiger partial charge is 0.0951 e. The fourth-order valence-corrected chi connectivity index (χ4v) is 4.09. The van der Waals surface area contributed by atoms with Gasteiger partial charge in [0, 0.05) is 24.3 Å². The van der Waals surface area contributed by atoms with Crippen molar-refractivity contribution in [1.29, 1.82) is 0 Å². The monoisotopic (exact) mass is 275 g/mol. The first-order chi connectivity index (χ1) is 9.78. The minimum absolute atomic E-state index is 0.519. The van der Waals surface area contributed by atoms with E-state index in [1.165, 1.54) is 57.1 Å². The second-order valence-electron chi connectivity index (χ2n) is 6.86. The van der Waals surface area contributed by atoms with Gasteiger partial charge in [0.25, 0.3) is 0 Å². The number of piperidine rings is 1. The number of hydrogen-bond donors (Lipinski definition) is 1. The van der Waals surface area contributed by atoms with E-state index >= 15 is 0 Å². The van der Waals surface area contributed by atoms with Gasteiger partial charge in [-0.1, -0.05) is 13.3 Å². The molecule has 2 aliphatic rings. The first-order valence-electron chi connectivity index (χ1n) is 8.55. The number of nitrogens with one attached hydrogen (secondary N) is 1. The molecule has 0 spiro atoms. The van der Waals surface area contributed by atoms with E-state index in [0.29, 0.717) is 18.1 Å². The van der Waals surface area contributed by atoms with Crippen LogP contribution in [0.1, 0.15) is 83.0 Å². The molecule has 112 valence electrons. The van der Waals surface area contributed by atoms with Crippen molar-refractivity contribution >= 4 is 0 Å². The van der Waals surface area contributed by atoms with Crippen LogP contribution >= 0.6 is 0 Å². The zero-order chi connectivity index (χ0) is 13.9. The summed E-state index contributed by atoms with van der Waals surface area (Å²) < 4.78 is 2.49. The summed E-state index contributed by atoms with van der Waals surface area (Å²) in [5.74, 6) is 0.964. The zero-order valence-corrected chi connectivity index (χ0v) is 13.0. The Bertz CT molecular complexity index is 418. The highest BCUT2D eigenvalue weighted by molar-refractivity contribution is 5.09. The molecule has 0 amide bonds. The molecule has 2 unspecified atom stereocenters. The van der Waals surface area contributed by atoms with Gasteiger partial charge in [-0.05, 0) is 57.8 Å². The Morgan fingerprint density at radius 3 is 2.70 bits per heavy atom. The van der Waals surface area contributed by atoms with Gasteiger partial charge in [-0.25, -0.2) is 4.98 Å². The Hall–Kier alpha value is -0.830. The highest BCUT2D eigenvalue weighted by Gasteiger charge is 2.27. The van der Waals surface area contributed by atoms with Crippen LogP contribution in [0.4, 0.5) is 0 Å². The van der Waals surface area contributed by atoms with Crippen LogP contribution in [0.3, 0.4) is 0 Å². The molecule has 1 aromatic rings. The second kappa shape index (κ2) is 6.30. The van der Waals surface area contributed by atoms with E-state index < -0.39 is 0 Å². The largest absolute Gasteiger partial charge is 0.330 e. The van der Waals surface area contributed by atoms with Crippen LogP contribution in [0.15, 0.2) is 12.5 Å². The van der Waals surface area contributed by atoms with E-state index in [9.17, 15) is 0 Å². The molecule has 0 bridgehead atoms. The lowest BCUT2D eigenvalue weighted by Crippen LogP contribution is -2.36. The summed E-state index contributed by atoms with van der Waals surface area (Å²) in [6.07, 6.45) is 14.9. The predicted molar refractivity (Wildman–Crippen MR) is 82.7 cm³/mol. The molecule has 3 nitrogen and oxygen atoms in total. The average Bonchev–Trinajstić information content (AvgIpc) is 2.97. The highest BCUT2D eigenvalue weighted by atomic mass is 15.1. The lowest BCUT2D eigenvalue weighted by Gasteiger charge is -2.33. The predicted octanol–water partition coefficient (Wildman–Crippen LogP) is 4.23. The molecule has 0 aromatic carbocycles. The fourth-order valence-electron chi connectivity index (χ4n) is 4.09. The van der Waals surface area contributed by atoms with Crippen molar-refractivity contribution in [2.75, 3.05) is 0 Å². The van der Waals surface area contributed by atoms with Gasteiger partial charge in [0.2, 0.25) is 0 Å². The van der Waals surface area contributed by atoms with Gasteiger partial charge in [-0.3, -0.25) is 0 Å². The third-order valence-electron chi connectivity index (χ3n) is 5.46. The Morgan fingerprint density at radius 1 is 1.20 bits per heavy atom. The molecule has 1 aromatic heterocycles. The molecule has 3 heteroatoms. The van der Waals surface area contributed by atoms with E-state index in [1.807, 2.05) is 0 Å². The summed E-state index contributed by atoms with van der Waals surface area (Å²) in [5.41, 5.74) is 1.43. The number of rotatable bonds is 3. The normalized spacial score (nSPS) is 35.1. The van der Waals surface area contributed by atoms with Crippen molar-refractivity contribution in [2.45, 2.75) is 83.3 Å². The quantitative estimate of drug-likeness (QED) is 0.894. The highest BCUT2D eigenvalue weighted by Crippen LogP contribution is 2.36. The summed E-state index contributed by atoms with van der Waals surface area (Å²) in [5, 5.41) is 3.76. The fraction of sp³-hybridized carbons (Fsp3) is 0.824. The number of aromatic nitrogens is 2. The number of imidazole rings is 1. The van der Waals surface area contributed by atoms with Crippen LogP contribution in [-0.2, 0) is 0 Å². The van der Waals surface area contributed by atoms with Crippen LogP contribution in [0.5, 0.6) is 0 Å². The molecule has 0 radical (unpaired) electrons. The van der Waals surface area contributed by atoms with Crippen molar-refractivity contribution in [3.63, 3.8) is 0 Å². The molecular formula is C17H29N3. The van der Waals surface area contributed by atoms with E-state index in [2.05, 4.69) is 41.2 Å². The van der Waals surface area contributed by atoms with Gasteiger partial charge >= 0.3 is 0 Å². The van der Waals surface area contributed by atoms with Crippen molar-refractivity contribution in [3.05, 3.63) is 18.2 Å². The van der Waals surface area contributed by atoms with Crippen LogP contribution in [0, 0.1) is 5.92 Å². The summed E-state index contributed by atoms with van der Waals surface area (Å²) >= 11 is 0. The van der Waals surface area contributed by atoms with Crippen molar-refractivity contribution in [3.8, 4) is 0 Å². The van der Waals surface area contributed by atoms with Gasteiger partial charge in [0.1, 0.15) is 0 Å². The molecule has 2 heterocycles. The first-order valence-corrected chi connectivity index (χ1v) is 8.55. The standard InChI is InChI=1S/C17H29N3/c1-3-14-7-9-15(10-8-14)20-12-18-11-17(20)16-6-4-5-13(2)19-16/h11-16,19H,3-10H2,1-2H3. The van der Waals surface area contributed by atoms with Crippen LogP contribution < -0.4 is 5.32 Å². The third-order valence-corrected chi connectivity index (χ3v) is 5.46. The maximum absolute atomic E-state index is 4.46. The number of nitrogens with zero attached hydrogens (tertiary/aromatic N) is 2. The van der Waals surface area contributed by atoms with E-state index in [-0.39, 0.29) is 0 Å². The molecule has 1 N–H and O–H groups in total. The van der Waals surface area contributed by atoms with Crippen molar-refractivity contribution in [2.24, 2.45) is 5.92 Å². The maximum Gasteiger partial charge on any atom is 0.0951 e. The second-order valence-corrected chi connectivity index (χ2v) is 6.86. The summed E-state index contributed by atoms with van der Waals surface area (Å²) in [6.45, 7) is 4.64. The van der Waals surface area contributed by atoms with E-state index in [0.717, 1.165) is 5.92 Å². The van der Waals surface area contributed by atoms with Crippen LogP contribution in [0.25, 0.3) is 0 Å². The summed E-state index contributed by atoms with van der Waals surface area (Å²) in [7, 11) is 0. The Kier molecular flexibility index (Phi) is 4.45. The van der Waals surface area contributed by atoms with Gasteiger partial charge in [0.15, 0.2) is 0 Å². The summed E-state index contributed by atoms with van der Waals surface area (Å²) in [4.78, 5) is 4.46. The van der Waals surface area contributed by atoms with Gasteiger partial charge in [-0.2, -0.15) is 0 Å². The molecule has 1 aliphatic carbocycles. The molecule has 1 aliphatic heterocycles. The minimum Gasteiger partial charge on any atom is -0.330 e. The Balaban J connectivity index is 1.70. The molecular weight excluding hydrogens is 246 g/mol. The van der Waals surface area contributed by atoms with Gasteiger partial charge in [-0.15, -0.1) is 0 Å². The first kappa shape index (κ1) is 14.1. The van der Waals surface area contributed by atoms with Gasteiger partial charge < -0.3 is 9.88 Å². The van der Waals surface area contributed by atoms with Crippen LogP contribution in [-0.4, -0.2) is 15.6 Å². The summed E-state index contributed by atoms with van der Waals surface area (Å²) in [6, 6.07) is 1.85. The SMILES string of the molecule is CCC1CCC(n2cncc2C2CCCC(C)N2)CC1. The van der Waals surface area contributed by atoms with Gasteiger partial charge in [0.05, 0.1) is 12.0 Å². The Morgan fingerprint density at radius 2 is 2.00 bits per heavy atom.